The maximum atomic E-state index is 12.6. The van der Waals surface area contributed by atoms with E-state index in [0.29, 0.717) is 38.4 Å². The third-order valence-electron chi connectivity index (χ3n) is 4.26. The van der Waals surface area contributed by atoms with E-state index in [0.717, 1.165) is 11.1 Å². The molecule has 0 saturated carbocycles. The molecule has 7 heteroatoms. The summed E-state index contributed by atoms with van der Waals surface area (Å²) in [6, 6.07) is 14.0. The molecule has 2 aromatic carbocycles. The van der Waals surface area contributed by atoms with Gasteiger partial charge in [-0.05, 0) is 36.8 Å². The molecule has 1 heterocycles. The van der Waals surface area contributed by atoms with Crippen LogP contribution in [0, 0.1) is 6.92 Å². The Morgan fingerprint density at radius 2 is 1.81 bits per heavy atom. The third-order valence-corrected chi connectivity index (χ3v) is 6.18. The van der Waals surface area contributed by atoms with Crippen LogP contribution in [0.5, 0.6) is 0 Å². The summed E-state index contributed by atoms with van der Waals surface area (Å²) in [7, 11) is -3.49. The van der Waals surface area contributed by atoms with Crippen molar-refractivity contribution in [1.29, 1.82) is 0 Å². The highest BCUT2D eigenvalue weighted by atomic mass is 32.2. The fraction of sp³-hybridized carbons (Fsp3) is 0.316. The number of nitrogens with one attached hydrogen (secondary N) is 1. The predicted octanol–water partition coefficient (Wildman–Crippen LogP) is 1.95. The molecular weight excluding hydrogens is 352 g/mol. The Hall–Kier alpha value is -2.22. The summed E-state index contributed by atoms with van der Waals surface area (Å²) in [6.07, 6.45) is 0. The first-order chi connectivity index (χ1) is 12.5. The molecule has 0 radical (unpaired) electrons. The Balaban J connectivity index is 1.63. The number of carbonyl (C=O) groups excluding carboxylic acids is 1. The number of sulfonamides is 1. The van der Waals surface area contributed by atoms with Gasteiger partial charge in [0, 0.05) is 25.2 Å². The minimum Gasteiger partial charge on any atom is -0.379 e. The highest BCUT2D eigenvalue weighted by Crippen LogP contribution is 2.17. The van der Waals surface area contributed by atoms with E-state index in [-0.39, 0.29) is 10.8 Å². The Bertz CT molecular complexity index is 873. The summed E-state index contributed by atoms with van der Waals surface area (Å²) in [5, 5.41) is 2.85. The normalized spacial score (nSPS) is 15.6. The van der Waals surface area contributed by atoms with Gasteiger partial charge in [-0.15, -0.1) is 0 Å². The molecule has 1 saturated heterocycles. The van der Waals surface area contributed by atoms with Crippen LogP contribution in [0.1, 0.15) is 21.5 Å². The van der Waals surface area contributed by atoms with Gasteiger partial charge >= 0.3 is 0 Å². The zero-order valence-corrected chi connectivity index (χ0v) is 15.5. The van der Waals surface area contributed by atoms with Crippen LogP contribution in [0.3, 0.4) is 0 Å². The summed E-state index contributed by atoms with van der Waals surface area (Å²) in [6.45, 7) is 3.85. The SMILES string of the molecule is Cc1cccc(C(=O)NCc2ccc(S(=O)(=O)N3CCOCC3)cc2)c1. The molecule has 1 aliphatic heterocycles. The molecule has 0 spiro atoms. The van der Waals surface area contributed by atoms with Crippen LogP contribution >= 0.6 is 0 Å². The van der Waals surface area contributed by atoms with Gasteiger partial charge in [0.15, 0.2) is 0 Å². The van der Waals surface area contributed by atoms with Crippen LogP contribution in [-0.4, -0.2) is 44.9 Å². The summed E-state index contributed by atoms with van der Waals surface area (Å²) >= 11 is 0. The average Bonchev–Trinajstić information content (AvgIpc) is 2.67. The lowest BCUT2D eigenvalue weighted by atomic mass is 10.1. The van der Waals surface area contributed by atoms with Crippen molar-refractivity contribution in [2.24, 2.45) is 0 Å². The van der Waals surface area contributed by atoms with E-state index in [1.54, 1.807) is 30.3 Å². The Morgan fingerprint density at radius 1 is 1.12 bits per heavy atom. The van der Waals surface area contributed by atoms with E-state index in [2.05, 4.69) is 5.32 Å². The van der Waals surface area contributed by atoms with Crippen LogP contribution < -0.4 is 5.32 Å². The van der Waals surface area contributed by atoms with Gasteiger partial charge in [0.25, 0.3) is 5.91 Å². The molecule has 1 aliphatic rings. The van der Waals surface area contributed by atoms with Gasteiger partial charge in [-0.2, -0.15) is 4.31 Å². The quantitative estimate of drug-likeness (QED) is 0.868. The van der Waals surface area contributed by atoms with Gasteiger partial charge in [-0.1, -0.05) is 29.8 Å². The van der Waals surface area contributed by atoms with Crippen molar-refractivity contribution in [2.45, 2.75) is 18.4 Å². The number of amides is 1. The van der Waals surface area contributed by atoms with Crippen LogP contribution in [0.2, 0.25) is 0 Å². The second kappa shape index (κ2) is 7.99. The van der Waals surface area contributed by atoms with E-state index in [1.165, 1.54) is 4.31 Å². The molecular formula is C19H22N2O4S. The molecule has 26 heavy (non-hydrogen) atoms. The van der Waals surface area contributed by atoms with Crippen molar-refractivity contribution in [3.05, 3.63) is 65.2 Å². The standard InChI is InChI=1S/C19H22N2O4S/c1-15-3-2-4-17(13-15)19(22)20-14-16-5-7-18(8-6-16)26(23,24)21-9-11-25-12-10-21/h2-8,13H,9-12,14H2,1H3,(H,20,22). The summed E-state index contributed by atoms with van der Waals surface area (Å²) in [4.78, 5) is 12.4. The van der Waals surface area contributed by atoms with Crippen molar-refractivity contribution < 1.29 is 17.9 Å². The van der Waals surface area contributed by atoms with Crippen LogP contribution in [-0.2, 0) is 21.3 Å². The highest BCUT2D eigenvalue weighted by molar-refractivity contribution is 7.89. The van der Waals surface area contributed by atoms with Crippen LogP contribution in [0.15, 0.2) is 53.4 Å². The average molecular weight is 374 g/mol. The monoisotopic (exact) mass is 374 g/mol. The van der Waals surface area contributed by atoms with Crippen molar-refractivity contribution >= 4 is 15.9 Å². The zero-order valence-electron chi connectivity index (χ0n) is 14.6. The van der Waals surface area contributed by atoms with Crippen molar-refractivity contribution in [3.8, 4) is 0 Å². The van der Waals surface area contributed by atoms with Crippen molar-refractivity contribution in [3.63, 3.8) is 0 Å². The van der Waals surface area contributed by atoms with Gasteiger partial charge in [0.1, 0.15) is 0 Å². The van der Waals surface area contributed by atoms with Crippen molar-refractivity contribution in [2.75, 3.05) is 26.3 Å². The first-order valence-electron chi connectivity index (χ1n) is 8.48. The number of ether oxygens (including phenoxy) is 1. The van der Waals surface area contributed by atoms with Gasteiger partial charge < -0.3 is 10.1 Å². The minimum atomic E-state index is -3.49. The van der Waals surface area contributed by atoms with E-state index in [1.807, 2.05) is 25.1 Å². The number of hydrogen-bond donors (Lipinski definition) is 1. The fourth-order valence-electron chi connectivity index (χ4n) is 2.79. The third kappa shape index (κ3) is 4.30. The van der Waals surface area contributed by atoms with E-state index < -0.39 is 10.0 Å². The summed E-state index contributed by atoms with van der Waals surface area (Å²) in [5.74, 6) is -0.154. The van der Waals surface area contributed by atoms with Gasteiger partial charge in [0.2, 0.25) is 10.0 Å². The molecule has 0 unspecified atom stereocenters. The number of rotatable bonds is 5. The molecule has 0 bridgehead atoms. The second-order valence-corrected chi connectivity index (χ2v) is 8.15. The topological polar surface area (TPSA) is 75.7 Å². The number of nitrogens with zero attached hydrogens (tertiary/aromatic N) is 1. The molecule has 0 atom stereocenters. The smallest absolute Gasteiger partial charge is 0.251 e. The zero-order chi connectivity index (χ0) is 18.6. The lowest BCUT2D eigenvalue weighted by Gasteiger charge is -2.26. The maximum absolute atomic E-state index is 12.6. The summed E-state index contributed by atoms with van der Waals surface area (Å²) in [5.41, 5.74) is 2.47. The molecule has 1 N–H and O–H groups in total. The number of benzene rings is 2. The lowest BCUT2D eigenvalue weighted by Crippen LogP contribution is -2.40. The second-order valence-electron chi connectivity index (χ2n) is 6.21. The van der Waals surface area contributed by atoms with Crippen LogP contribution in [0.4, 0.5) is 0 Å². The Kier molecular flexibility index (Phi) is 5.70. The van der Waals surface area contributed by atoms with Gasteiger partial charge in [0.05, 0.1) is 18.1 Å². The number of carbonyl (C=O) groups is 1. The van der Waals surface area contributed by atoms with Crippen LogP contribution in [0.25, 0.3) is 0 Å². The molecule has 1 fully saturated rings. The maximum Gasteiger partial charge on any atom is 0.251 e. The fourth-order valence-corrected chi connectivity index (χ4v) is 4.19. The molecule has 1 amide bonds. The van der Waals surface area contributed by atoms with E-state index >= 15 is 0 Å². The number of hydrogen-bond acceptors (Lipinski definition) is 4. The van der Waals surface area contributed by atoms with Crippen molar-refractivity contribution in [1.82, 2.24) is 9.62 Å². The molecule has 6 nitrogen and oxygen atoms in total. The number of aryl methyl sites for hydroxylation is 1. The Morgan fingerprint density at radius 3 is 2.46 bits per heavy atom. The summed E-state index contributed by atoms with van der Waals surface area (Å²) < 4.78 is 31.8. The first-order valence-corrected chi connectivity index (χ1v) is 9.92. The largest absolute Gasteiger partial charge is 0.379 e. The van der Waals surface area contributed by atoms with Gasteiger partial charge in [-0.25, -0.2) is 8.42 Å². The minimum absolute atomic E-state index is 0.154. The first kappa shape index (κ1) is 18.6. The predicted molar refractivity (Wildman–Crippen MR) is 98.4 cm³/mol. The molecule has 2 aromatic rings. The molecule has 3 rings (SSSR count). The lowest BCUT2D eigenvalue weighted by molar-refractivity contribution is 0.0730. The molecule has 0 aliphatic carbocycles. The van der Waals surface area contributed by atoms with E-state index in [4.69, 9.17) is 4.74 Å². The van der Waals surface area contributed by atoms with Gasteiger partial charge in [-0.3, -0.25) is 4.79 Å². The Labute approximate surface area is 153 Å². The van der Waals surface area contributed by atoms with E-state index in [9.17, 15) is 13.2 Å². The highest BCUT2D eigenvalue weighted by Gasteiger charge is 2.26. The molecule has 0 aromatic heterocycles. The number of morpholine rings is 1. The molecule has 138 valence electrons.